The highest BCUT2D eigenvalue weighted by molar-refractivity contribution is 7.89. The van der Waals surface area contributed by atoms with Crippen molar-refractivity contribution in [2.24, 2.45) is 5.92 Å². The van der Waals surface area contributed by atoms with E-state index in [1.54, 1.807) is 26.0 Å². The molecule has 2 heterocycles. The summed E-state index contributed by atoms with van der Waals surface area (Å²) < 4.78 is 44.9. The van der Waals surface area contributed by atoms with Crippen molar-refractivity contribution >= 4 is 15.9 Å². The van der Waals surface area contributed by atoms with Gasteiger partial charge in [0, 0.05) is 25.6 Å². The SMILES string of the molecule is Cc1noc(C)c1S(=O)(=O)N1CCC(C(=O)NCc2ccc(F)cc2)CC1. The molecule has 3 rings (SSSR count). The zero-order chi connectivity index (χ0) is 19.6. The van der Waals surface area contributed by atoms with Crippen molar-refractivity contribution in [3.63, 3.8) is 0 Å². The van der Waals surface area contributed by atoms with Gasteiger partial charge in [0.15, 0.2) is 5.76 Å². The highest BCUT2D eigenvalue weighted by atomic mass is 32.2. The lowest BCUT2D eigenvalue weighted by Crippen LogP contribution is -2.43. The summed E-state index contributed by atoms with van der Waals surface area (Å²) in [6.07, 6.45) is 0.885. The van der Waals surface area contributed by atoms with Gasteiger partial charge in [0.1, 0.15) is 16.4 Å². The topological polar surface area (TPSA) is 92.5 Å². The number of benzene rings is 1. The number of nitrogens with zero attached hydrogens (tertiary/aromatic N) is 2. The Kier molecular flexibility index (Phi) is 5.61. The minimum Gasteiger partial charge on any atom is -0.360 e. The van der Waals surface area contributed by atoms with Crippen molar-refractivity contribution in [3.8, 4) is 0 Å². The van der Waals surface area contributed by atoms with Crippen LogP contribution in [0.15, 0.2) is 33.7 Å². The van der Waals surface area contributed by atoms with Crippen LogP contribution in [0.3, 0.4) is 0 Å². The van der Waals surface area contributed by atoms with Crippen LogP contribution in [0.4, 0.5) is 4.39 Å². The summed E-state index contributed by atoms with van der Waals surface area (Å²) in [7, 11) is -3.68. The maximum absolute atomic E-state index is 12.9. The molecule has 0 spiro atoms. The molecule has 0 saturated carbocycles. The first-order valence-corrected chi connectivity index (χ1v) is 10.2. The molecule has 0 unspecified atom stereocenters. The van der Waals surface area contributed by atoms with E-state index in [0.717, 1.165) is 5.56 Å². The summed E-state index contributed by atoms with van der Waals surface area (Å²) in [5.41, 5.74) is 1.15. The molecule has 0 bridgehead atoms. The summed E-state index contributed by atoms with van der Waals surface area (Å²) in [6.45, 7) is 4.01. The second kappa shape index (κ2) is 7.77. The monoisotopic (exact) mass is 395 g/mol. The number of hydrogen-bond acceptors (Lipinski definition) is 5. The van der Waals surface area contributed by atoms with Crippen molar-refractivity contribution in [3.05, 3.63) is 47.1 Å². The van der Waals surface area contributed by atoms with Gasteiger partial charge in [0.25, 0.3) is 0 Å². The van der Waals surface area contributed by atoms with Gasteiger partial charge in [-0.25, -0.2) is 12.8 Å². The molecule has 0 aliphatic carbocycles. The Morgan fingerprint density at radius 2 is 1.89 bits per heavy atom. The Morgan fingerprint density at radius 3 is 2.44 bits per heavy atom. The lowest BCUT2D eigenvalue weighted by molar-refractivity contribution is -0.126. The van der Waals surface area contributed by atoms with Crippen molar-refractivity contribution in [1.82, 2.24) is 14.8 Å². The summed E-state index contributed by atoms with van der Waals surface area (Å²) in [6, 6.07) is 5.93. The molecule has 7 nitrogen and oxygen atoms in total. The van der Waals surface area contributed by atoms with Crippen LogP contribution in [0.2, 0.25) is 0 Å². The fourth-order valence-corrected chi connectivity index (χ4v) is 5.03. The van der Waals surface area contributed by atoms with E-state index in [1.807, 2.05) is 0 Å². The van der Waals surface area contributed by atoms with Crippen molar-refractivity contribution in [2.45, 2.75) is 38.1 Å². The molecule has 146 valence electrons. The average Bonchev–Trinajstić information content (AvgIpc) is 3.00. The number of piperidine rings is 1. The Labute approximate surface area is 157 Å². The number of hydrogen-bond donors (Lipinski definition) is 1. The van der Waals surface area contributed by atoms with Crippen molar-refractivity contribution in [1.29, 1.82) is 0 Å². The standard InChI is InChI=1S/C18H22FN3O4S/c1-12-17(13(2)26-21-12)27(24,25)22-9-7-15(8-10-22)18(23)20-11-14-3-5-16(19)6-4-14/h3-6,15H,7-11H2,1-2H3,(H,20,23). The van der Waals surface area contributed by atoms with Gasteiger partial charge in [-0.3, -0.25) is 4.79 Å². The predicted molar refractivity (Wildman–Crippen MR) is 95.7 cm³/mol. The van der Waals surface area contributed by atoms with E-state index in [9.17, 15) is 17.6 Å². The summed E-state index contributed by atoms with van der Waals surface area (Å²) >= 11 is 0. The number of amides is 1. The zero-order valence-corrected chi connectivity index (χ0v) is 16.1. The fourth-order valence-electron chi connectivity index (χ4n) is 3.27. The van der Waals surface area contributed by atoms with Crippen LogP contribution in [-0.2, 0) is 21.4 Å². The van der Waals surface area contributed by atoms with E-state index < -0.39 is 10.0 Å². The Balaban J connectivity index is 1.56. The van der Waals surface area contributed by atoms with E-state index in [2.05, 4.69) is 10.5 Å². The molecule has 1 N–H and O–H groups in total. The number of nitrogens with one attached hydrogen (secondary N) is 1. The molecule has 0 radical (unpaired) electrons. The highest BCUT2D eigenvalue weighted by Gasteiger charge is 2.35. The molecule has 27 heavy (non-hydrogen) atoms. The second-order valence-electron chi connectivity index (χ2n) is 6.68. The number of aryl methyl sites for hydroxylation is 2. The van der Waals surface area contributed by atoms with Gasteiger partial charge in [-0.1, -0.05) is 17.3 Å². The van der Waals surface area contributed by atoms with E-state index >= 15 is 0 Å². The van der Waals surface area contributed by atoms with Gasteiger partial charge >= 0.3 is 0 Å². The van der Waals surface area contributed by atoms with E-state index in [0.29, 0.717) is 25.1 Å². The van der Waals surface area contributed by atoms with Gasteiger partial charge in [-0.15, -0.1) is 0 Å². The maximum Gasteiger partial charge on any atom is 0.248 e. The number of rotatable bonds is 5. The molecule has 1 aliphatic rings. The van der Waals surface area contributed by atoms with Gasteiger partial charge < -0.3 is 9.84 Å². The summed E-state index contributed by atoms with van der Waals surface area (Å²) in [4.78, 5) is 12.5. The van der Waals surface area contributed by atoms with E-state index in [1.165, 1.54) is 16.4 Å². The fraction of sp³-hybridized carbons (Fsp3) is 0.444. The number of carbonyl (C=O) groups excluding carboxylic acids is 1. The first-order chi connectivity index (χ1) is 12.8. The van der Waals surface area contributed by atoms with E-state index in [-0.39, 0.29) is 41.4 Å². The Bertz CT molecular complexity index is 897. The second-order valence-corrected chi connectivity index (χ2v) is 8.55. The Hall–Kier alpha value is -2.26. The third-order valence-electron chi connectivity index (χ3n) is 4.77. The molecule has 1 amide bonds. The lowest BCUT2D eigenvalue weighted by Gasteiger charge is -2.30. The van der Waals surface area contributed by atoms with Gasteiger partial charge in [-0.2, -0.15) is 4.31 Å². The summed E-state index contributed by atoms with van der Waals surface area (Å²) in [5, 5.41) is 6.54. The summed E-state index contributed by atoms with van der Waals surface area (Å²) in [5.74, 6) is -0.418. The van der Waals surface area contributed by atoms with Gasteiger partial charge in [0.2, 0.25) is 15.9 Å². The van der Waals surface area contributed by atoms with E-state index in [4.69, 9.17) is 4.52 Å². The van der Waals surface area contributed by atoms with Crippen LogP contribution >= 0.6 is 0 Å². The first kappa shape index (κ1) is 19.5. The van der Waals surface area contributed by atoms with Crippen LogP contribution in [0.5, 0.6) is 0 Å². The van der Waals surface area contributed by atoms with Crippen LogP contribution in [-0.4, -0.2) is 36.9 Å². The van der Waals surface area contributed by atoms with Gasteiger partial charge in [-0.05, 0) is 44.4 Å². The number of sulfonamides is 1. The van der Waals surface area contributed by atoms with Crippen LogP contribution in [0.1, 0.15) is 29.9 Å². The minimum atomic E-state index is -3.68. The third kappa shape index (κ3) is 4.19. The molecule has 1 saturated heterocycles. The molecule has 2 aromatic rings. The van der Waals surface area contributed by atoms with Crippen molar-refractivity contribution in [2.75, 3.05) is 13.1 Å². The molecule has 1 aliphatic heterocycles. The predicted octanol–water partition coefficient (Wildman–Crippen LogP) is 2.15. The molecule has 9 heteroatoms. The van der Waals surface area contributed by atoms with Crippen LogP contribution in [0, 0.1) is 25.6 Å². The quantitative estimate of drug-likeness (QED) is 0.837. The smallest absolute Gasteiger partial charge is 0.248 e. The first-order valence-electron chi connectivity index (χ1n) is 8.74. The van der Waals surface area contributed by atoms with Gasteiger partial charge in [0.05, 0.1) is 0 Å². The normalized spacial score (nSPS) is 16.4. The Morgan fingerprint density at radius 1 is 1.26 bits per heavy atom. The number of aromatic nitrogens is 1. The van der Waals surface area contributed by atoms with Crippen LogP contribution in [0.25, 0.3) is 0 Å². The molecular formula is C18H22FN3O4S. The highest BCUT2D eigenvalue weighted by Crippen LogP contribution is 2.27. The zero-order valence-electron chi connectivity index (χ0n) is 15.2. The van der Waals surface area contributed by atoms with Crippen molar-refractivity contribution < 1.29 is 22.1 Å². The maximum atomic E-state index is 12.9. The average molecular weight is 395 g/mol. The molecule has 1 aromatic carbocycles. The molecule has 0 atom stereocenters. The number of halogens is 1. The van der Waals surface area contributed by atoms with Crippen LogP contribution < -0.4 is 5.32 Å². The minimum absolute atomic E-state index is 0.113. The largest absolute Gasteiger partial charge is 0.360 e. The molecule has 1 fully saturated rings. The molecule has 1 aromatic heterocycles. The lowest BCUT2D eigenvalue weighted by atomic mass is 9.97. The molecular weight excluding hydrogens is 373 g/mol. The number of carbonyl (C=O) groups is 1. The third-order valence-corrected chi connectivity index (χ3v) is 6.91.